The minimum atomic E-state index is -0.281. The van der Waals surface area contributed by atoms with Crippen LogP contribution in [0.5, 0.6) is 5.75 Å². The fraction of sp³-hybridized carbons (Fsp3) is 0.200. The number of aryl methyl sites for hydroxylation is 1. The Morgan fingerprint density at radius 2 is 1.71 bits per heavy atom. The number of rotatable bonds is 8. The van der Waals surface area contributed by atoms with E-state index in [1.54, 1.807) is 6.26 Å². The zero-order valence-corrected chi connectivity index (χ0v) is 18.3. The molecule has 2 heterocycles. The van der Waals surface area contributed by atoms with Gasteiger partial charge < -0.3 is 9.15 Å². The summed E-state index contributed by atoms with van der Waals surface area (Å²) < 4.78 is 10.9. The van der Waals surface area contributed by atoms with Gasteiger partial charge in [0.2, 0.25) is 0 Å². The van der Waals surface area contributed by atoms with Gasteiger partial charge in [0, 0.05) is 0 Å². The first-order valence-electron chi connectivity index (χ1n) is 10.1. The van der Waals surface area contributed by atoms with Crippen LogP contribution in [0.25, 0.3) is 5.57 Å². The molecule has 0 radical (unpaired) electrons. The van der Waals surface area contributed by atoms with Gasteiger partial charge in [0.25, 0.3) is 11.8 Å². The lowest BCUT2D eigenvalue weighted by atomic mass is 10.1. The van der Waals surface area contributed by atoms with Crippen LogP contribution in [0.1, 0.15) is 29.4 Å². The number of hydrogen-bond acceptors (Lipinski definition) is 5. The van der Waals surface area contributed by atoms with Gasteiger partial charge >= 0.3 is 0 Å². The zero-order valence-electron chi connectivity index (χ0n) is 17.5. The molecule has 31 heavy (non-hydrogen) atoms. The minimum Gasteiger partial charge on any atom is -0.494 e. The van der Waals surface area contributed by atoms with E-state index >= 15 is 0 Å². The van der Waals surface area contributed by atoms with E-state index in [9.17, 15) is 9.59 Å². The third kappa shape index (κ3) is 4.59. The van der Waals surface area contributed by atoms with Crippen LogP contribution in [0.2, 0.25) is 0 Å². The first kappa shape index (κ1) is 21.0. The molecule has 2 amide bonds. The number of amides is 2. The number of thioether (sulfide) groups is 1. The minimum absolute atomic E-state index is 0.239. The first-order chi connectivity index (χ1) is 15.1. The number of carbonyl (C=O) groups excluding carboxylic acids is 2. The van der Waals surface area contributed by atoms with E-state index in [4.69, 9.17) is 9.15 Å². The second kappa shape index (κ2) is 9.27. The van der Waals surface area contributed by atoms with Gasteiger partial charge in [-0.1, -0.05) is 42.0 Å². The van der Waals surface area contributed by atoms with E-state index in [2.05, 4.69) is 0 Å². The Bertz CT molecular complexity index is 1100. The van der Waals surface area contributed by atoms with Crippen LogP contribution in [0.4, 0.5) is 0 Å². The van der Waals surface area contributed by atoms with Gasteiger partial charge in [-0.15, -0.1) is 11.8 Å². The van der Waals surface area contributed by atoms with E-state index in [0.717, 1.165) is 22.6 Å². The Kier molecular flexibility index (Phi) is 6.28. The Balaban J connectivity index is 1.65. The summed E-state index contributed by atoms with van der Waals surface area (Å²) in [4.78, 5) is 28.4. The second-order valence-electron chi connectivity index (χ2n) is 7.21. The third-order valence-corrected chi connectivity index (χ3v) is 6.08. The summed E-state index contributed by atoms with van der Waals surface area (Å²) in [6.07, 6.45) is 1.60. The van der Waals surface area contributed by atoms with E-state index < -0.39 is 0 Å². The maximum absolute atomic E-state index is 13.3. The van der Waals surface area contributed by atoms with Crippen LogP contribution in [-0.4, -0.2) is 23.3 Å². The molecule has 3 aromatic rings. The maximum atomic E-state index is 13.3. The highest BCUT2D eigenvalue weighted by molar-refractivity contribution is 8.03. The Morgan fingerprint density at radius 3 is 2.35 bits per heavy atom. The maximum Gasteiger partial charge on any atom is 0.268 e. The van der Waals surface area contributed by atoms with Crippen molar-refractivity contribution in [1.82, 2.24) is 4.90 Å². The molecule has 0 bridgehead atoms. The van der Waals surface area contributed by atoms with Gasteiger partial charge in [-0.2, -0.15) is 0 Å². The number of benzene rings is 2. The first-order valence-corrected chi connectivity index (χ1v) is 11.1. The monoisotopic (exact) mass is 433 g/mol. The van der Waals surface area contributed by atoms with E-state index in [-0.39, 0.29) is 18.4 Å². The fourth-order valence-corrected chi connectivity index (χ4v) is 4.42. The van der Waals surface area contributed by atoms with Crippen molar-refractivity contribution in [3.8, 4) is 5.75 Å². The molecule has 2 aromatic carbocycles. The molecular weight excluding hydrogens is 410 g/mol. The molecule has 1 aliphatic heterocycles. The highest BCUT2D eigenvalue weighted by Gasteiger charge is 2.39. The van der Waals surface area contributed by atoms with Gasteiger partial charge in [-0.3, -0.25) is 14.5 Å². The van der Waals surface area contributed by atoms with Crippen LogP contribution in [0.15, 0.2) is 76.2 Å². The SMILES string of the molecule is CCOc1ccc(C2=C(SCc3ccco3)C(=O)N(Cc3ccc(C)cc3)C2=O)cc1. The standard InChI is InChI=1S/C25H23NO4S/c1-3-29-20-12-10-19(11-13-20)22-23(31-16-21-5-4-14-30-21)25(28)26(24(22)27)15-18-8-6-17(2)7-9-18/h4-14H,3,15-16H2,1-2H3. The normalized spacial score (nSPS) is 13.9. The number of ether oxygens (including phenoxy) is 1. The molecule has 5 nitrogen and oxygen atoms in total. The summed E-state index contributed by atoms with van der Waals surface area (Å²) in [5.41, 5.74) is 3.17. The van der Waals surface area contributed by atoms with Gasteiger partial charge in [0.05, 0.1) is 35.6 Å². The van der Waals surface area contributed by atoms with E-state index in [1.165, 1.54) is 16.7 Å². The zero-order chi connectivity index (χ0) is 21.8. The molecule has 4 rings (SSSR count). The fourth-order valence-electron chi connectivity index (χ4n) is 3.38. The molecule has 0 fully saturated rings. The van der Waals surface area contributed by atoms with Gasteiger partial charge in [0.15, 0.2) is 0 Å². The summed E-state index contributed by atoms with van der Waals surface area (Å²) in [6, 6.07) is 18.8. The molecule has 0 unspecified atom stereocenters. The average Bonchev–Trinajstić information content (AvgIpc) is 3.37. The van der Waals surface area contributed by atoms with Gasteiger partial charge in [-0.25, -0.2) is 0 Å². The van der Waals surface area contributed by atoms with Crippen molar-refractivity contribution < 1.29 is 18.7 Å². The Labute approximate surface area is 185 Å². The number of hydrogen-bond donors (Lipinski definition) is 0. The molecule has 0 saturated heterocycles. The number of imide groups is 1. The molecule has 1 aromatic heterocycles. The molecule has 0 saturated carbocycles. The lowest BCUT2D eigenvalue weighted by Crippen LogP contribution is -2.30. The number of furan rings is 1. The predicted molar refractivity (Wildman–Crippen MR) is 121 cm³/mol. The van der Waals surface area contributed by atoms with Gasteiger partial charge in [-0.05, 0) is 49.2 Å². The molecule has 6 heteroatoms. The molecule has 0 aliphatic carbocycles. The molecule has 158 valence electrons. The van der Waals surface area contributed by atoms with E-state index in [0.29, 0.717) is 28.4 Å². The van der Waals surface area contributed by atoms with Crippen LogP contribution in [0.3, 0.4) is 0 Å². The van der Waals surface area contributed by atoms with Crippen molar-refractivity contribution in [2.75, 3.05) is 6.61 Å². The number of carbonyl (C=O) groups is 2. The molecule has 0 N–H and O–H groups in total. The predicted octanol–water partition coefficient (Wildman–Crippen LogP) is 5.20. The summed E-state index contributed by atoms with van der Waals surface area (Å²) in [5.74, 6) is 1.40. The molecule has 0 atom stereocenters. The van der Waals surface area contributed by atoms with Crippen LogP contribution < -0.4 is 4.74 Å². The molecule has 0 spiro atoms. The van der Waals surface area contributed by atoms with Crippen molar-refractivity contribution >= 4 is 29.1 Å². The quantitative estimate of drug-likeness (QED) is 0.457. The van der Waals surface area contributed by atoms with Crippen molar-refractivity contribution in [1.29, 1.82) is 0 Å². The Morgan fingerprint density at radius 1 is 0.968 bits per heavy atom. The lowest BCUT2D eigenvalue weighted by Gasteiger charge is -2.15. The highest BCUT2D eigenvalue weighted by Crippen LogP contribution is 2.38. The van der Waals surface area contributed by atoms with Crippen molar-refractivity contribution in [3.63, 3.8) is 0 Å². The van der Waals surface area contributed by atoms with Crippen molar-refractivity contribution in [2.45, 2.75) is 26.1 Å². The smallest absolute Gasteiger partial charge is 0.268 e. The topological polar surface area (TPSA) is 59.8 Å². The summed E-state index contributed by atoms with van der Waals surface area (Å²) in [6.45, 7) is 4.73. The summed E-state index contributed by atoms with van der Waals surface area (Å²) in [7, 11) is 0. The van der Waals surface area contributed by atoms with Crippen molar-refractivity contribution in [3.05, 3.63) is 94.3 Å². The average molecular weight is 434 g/mol. The summed E-state index contributed by atoms with van der Waals surface area (Å²) >= 11 is 1.33. The molecular formula is C25H23NO4S. The largest absolute Gasteiger partial charge is 0.494 e. The van der Waals surface area contributed by atoms with Crippen LogP contribution >= 0.6 is 11.8 Å². The van der Waals surface area contributed by atoms with Gasteiger partial charge in [0.1, 0.15) is 11.5 Å². The van der Waals surface area contributed by atoms with E-state index in [1.807, 2.05) is 74.5 Å². The summed E-state index contributed by atoms with van der Waals surface area (Å²) in [5, 5.41) is 0. The third-order valence-electron chi connectivity index (χ3n) is 4.98. The van der Waals surface area contributed by atoms with Crippen molar-refractivity contribution in [2.24, 2.45) is 0 Å². The number of nitrogens with zero attached hydrogens (tertiary/aromatic N) is 1. The lowest BCUT2D eigenvalue weighted by molar-refractivity contribution is -0.137. The highest BCUT2D eigenvalue weighted by atomic mass is 32.2. The Hall–Kier alpha value is -3.25. The van der Waals surface area contributed by atoms with Crippen LogP contribution in [0, 0.1) is 6.92 Å². The van der Waals surface area contributed by atoms with Crippen LogP contribution in [-0.2, 0) is 21.9 Å². The second-order valence-corrected chi connectivity index (χ2v) is 8.20. The molecule has 1 aliphatic rings.